The zero-order chi connectivity index (χ0) is 21.2. The molecule has 1 atom stereocenters. The van der Waals surface area contributed by atoms with Gasteiger partial charge in [0, 0.05) is 37.3 Å². The lowest BCUT2D eigenvalue weighted by Gasteiger charge is -2.29. The summed E-state index contributed by atoms with van der Waals surface area (Å²) in [5.41, 5.74) is 6.28. The van der Waals surface area contributed by atoms with Crippen molar-refractivity contribution in [3.63, 3.8) is 0 Å². The van der Waals surface area contributed by atoms with Crippen LogP contribution in [0.3, 0.4) is 0 Å². The molecule has 0 aliphatic carbocycles. The van der Waals surface area contributed by atoms with E-state index in [0.717, 1.165) is 65.4 Å². The van der Waals surface area contributed by atoms with Crippen molar-refractivity contribution < 1.29 is 4.79 Å². The SMILES string of the molecule is BCCNC(=O)N1CC=C(C2Cc3c(Nc4ccc5ncsc5c4)ncnc3N2)CC1. The Balaban J connectivity index is 1.28. The molecule has 158 valence electrons. The van der Waals surface area contributed by atoms with E-state index in [-0.39, 0.29) is 12.1 Å². The molecule has 0 radical (unpaired) electrons. The summed E-state index contributed by atoms with van der Waals surface area (Å²) in [4.78, 5) is 27.3. The van der Waals surface area contributed by atoms with Crippen molar-refractivity contribution in [3.05, 3.63) is 47.2 Å². The fraction of sp³-hybridized carbons (Fsp3) is 0.333. The standard InChI is InChI=1S/C21H24BN7OS/c22-5-6-23-21(30)29-7-3-13(4-8-29)17-10-15-19(24-11-25-20(15)28-17)27-14-1-2-16-18(9-14)31-12-26-16/h1-3,9,11-12,17H,4-8,10,22H2,(H,23,30)(H2,24,25,27,28). The van der Waals surface area contributed by atoms with Crippen molar-refractivity contribution in [2.45, 2.75) is 25.2 Å². The summed E-state index contributed by atoms with van der Waals surface area (Å²) in [5.74, 6) is 1.71. The monoisotopic (exact) mass is 433 g/mol. The number of nitrogens with zero attached hydrogens (tertiary/aromatic N) is 4. The van der Waals surface area contributed by atoms with Crippen molar-refractivity contribution in [2.24, 2.45) is 0 Å². The highest BCUT2D eigenvalue weighted by atomic mass is 32.1. The molecule has 8 nitrogen and oxygen atoms in total. The summed E-state index contributed by atoms with van der Waals surface area (Å²) in [6.45, 7) is 2.10. The molecule has 1 aromatic carbocycles. The van der Waals surface area contributed by atoms with Crippen molar-refractivity contribution >= 4 is 52.8 Å². The Morgan fingerprint density at radius 1 is 1.32 bits per heavy atom. The minimum Gasteiger partial charge on any atom is -0.363 e. The van der Waals surface area contributed by atoms with Gasteiger partial charge in [-0.15, -0.1) is 11.3 Å². The Kier molecular flexibility index (Phi) is 5.46. The summed E-state index contributed by atoms with van der Waals surface area (Å²) in [5, 5.41) is 9.96. The van der Waals surface area contributed by atoms with Crippen molar-refractivity contribution in [3.8, 4) is 0 Å². The number of carbonyl (C=O) groups is 1. The van der Waals surface area contributed by atoms with E-state index in [2.05, 4.69) is 50.9 Å². The number of anilines is 3. The molecule has 3 N–H and O–H groups in total. The zero-order valence-electron chi connectivity index (χ0n) is 17.4. The Labute approximate surface area is 185 Å². The number of benzene rings is 1. The number of nitrogens with one attached hydrogen (secondary N) is 3. The van der Waals surface area contributed by atoms with Gasteiger partial charge >= 0.3 is 6.03 Å². The summed E-state index contributed by atoms with van der Waals surface area (Å²) >= 11 is 1.63. The van der Waals surface area contributed by atoms with E-state index >= 15 is 0 Å². The van der Waals surface area contributed by atoms with Gasteiger partial charge in [0.1, 0.15) is 25.8 Å². The molecule has 0 saturated heterocycles. The molecule has 4 heterocycles. The third kappa shape index (κ3) is 4.07. The third-order valence-corrected chi connectivity index (χ3v) is 6.56. The average Bonchev–Trinajstić information content (AvgIpc) is 3.45. The van der Waals surface area contributed by atoms with Crippen molar-refractivity contribution in [1.82, 2.24) is 25.2 Å². The summed E-state index contributed by atoms with van der Waals surface area (Å²) < 4.78 is 1.14. The van der Waals surface area contributed by atoms with Crippen molar-refractivity contribution in [2.75, 3.05) is 30.3 Å². The molecular weight excluding hydrogens is 409 g/mol. The maximum Gasteiger partial charge on any atom is 0.317 e. The minimum absolute atomic E-state index is 0.0232. The van der Waals surface area contributed by atoms with Crippen LogP contribution in [0.15, 0.2) is 41.7 Å². The molecule has 0 fully saturated rings. The zero-order valence-corrected chi connectivity index (χ0v) is 18.2. The molecule has 3 aromatic rings. The number of hydrogen-bond donors (Lipinski definition) is 3. The van der Waals surface area contributed by atoms with Crippen LogP contribution in [-0.2, 0) is 6.42 Å². The topological polar surface area (TPSA) is 95.1 Å². The first kappa shape index (κ1) is 19.8. The van der Waals surface area contributed by atoms with Crippen molar-refractivity contribution in [1.29, 1.82) is 0 Å². The number of fused-ring (bicyclic) bond motifs is 2. The lowest BCUT2D eigenvalue weighted by Crippen LogP contribution is -2.43. The van der Waals surface area contributed by atoms with Crippen LogP contribution in [0, 0.1) is 0 Å². The molecule has 0 spiro atoms. The van der Waals surface area contributed by atoms with Crippen LogP contribution >= 0.6 is 11.3 Å². The Morgan fingerprint density at radius 2 is 2.26 bits per heavy atom. The van der Waals surface area contributed by atoms with Gasteiger partial charge < -0.3 is 20.9 Å². The Bertz CT molecular complexity index is 1150. The highest BCUT2D eigenvalue weighted by Gasteiger charge is 2.29. The first-order chi connectivity index (χ1) is 15.2. The predicted molar refractivity (Wildman–Crippen MR) is 127 cm³/mol. The van der Waals surface area contributed by atoms with Crippen LogP contribution in [0.4, 0.5) is 22.1 Å². The Hall–Kier alpha value is -3.14. The van der Waals surface area contributed by atoms with Crippen LogP contribution < -0.4 is 16.0 Å². The quantitative estimate of drug-likeness (QED) is 0.423. The summed E-state index contributed by atoms with van der Waals surface area (Å²) in [6.07, 6.45) is 6.41. The number of carbonyl (C=O) groups excluding carboxylic acids is 1. The maximum absolute atomic E-state index is 12.2. The van der Waals surface area contributed by atoms with Crippen LogP contribution in [0.5, 0.6) is 0 Å². The van der Waals surface area contributed by atoms with Gasteiger partial charge in [0.05, 0.1) is 21.8 Å². The van der Waals surface area contributed by atoms with E-state index in [9.17, 15) is 4.79 Å². The molecule has 0 bridgehead atoms. The van der Waals surface area contributed by atoms with E-state index in [1.54, 1.807) is 17.7 Å². The van der Waals surface area contributed by atoms with E-state index in [1.807, 2.05) is 22.5 Å². The van der Waals surface area contributed by atoms with Gasteiger partial charge in [-0.05, 0) is 30.2 Å². The average molecular weight is 433 g/mol. The lowest BCUT2D eigenvalue weighted by atomic mass is 9.97. The number of amides is 2. The van der Waals surface area contributed by atoms with Crippen LogP contribution in [0.25, 0.3) is 10.2 Å². The molecule has 2 amide bonds. The number of rotatable bonds is 5. The fourth-order valence-corrected chi connectivity index (χ4v) is 4.80. The first-order valence-corrected chi connectivity index (χ1v) is 11.5. The summed E-state index contributed by atoms with van der Waals surface area (Å²) in [7, 11) is 2.06. The summed E-state index contributed by atoms with van der Waals surface area (Å²) in [6, 6.07) is 6.36. The second-order valence-corrected chi connectivity index (χ2v) is 8.70. The molecule has 0 saturated carbocycles. The molecule has 10 heteroatoms. The first-order valence-electron chi connectivity index (χ1n) is 10.6. The lowest BCUT2D eigenvalue weighted by molar-refractivity contribution is 0.202. The molecule has 5 rings (SSSR count). The third-order valence-electron chi connectivity index (χ3n) is 5.76. The normalized spacial score (nSPS) is 17.7. The van der Waals surface area contributed by atoms with Gasteiger partial charge in [-0.2, -0.15) is 0 Å². The second kappa shape index (κ2) is 8.54. The van der Waals surface area contributed by atoms with Crippen LogP contribution in [0.2, 0.25) is 6.32 Å². The minimum atomic E-state index is 0.0232. The number of hydrogen-bond acceptors (Lipinski definition) is 7. The van der Waals surface area contributed by atoms with Gasteiger partial charge in [-0.25, -0.2) is 19.7 Å². The van der Waals surface area contributed by atoms with Gasteiger partial charge in [-0.3, -0.25) is 0 Å². The van der Waals surface area contributed by atoms with Gasteiger partial charge in [0.2, 0.25) is 0 Å². The largest absolute Gasteiger partial charge is 0.363 e. The van der Waals surface area contributed by atoms with E-state index < -0.39 is 0 Å². The number of aromatic nitrogens is 3. The number of urea groups is 1. The van der Waals surface area contributed by atoms with E-state index in [0.29, 0.717) is 6.54 Å². The molecule has 2 aliphatic rings. The fourth-order valence-electron chi connectivity index (χ4n) is 4.08. The highest BCUT2D eigenvalue weighted by molar-refractivity contribution is 7.16. The van der Waals surface area contributed by atoms with Crippen LogP contribution in [-0.4, -0.2) is 59.4 Å². The molecule has 31 heavy (non-hydrogen) atoms. The van der Waals surface area contributed by atoms with E-state index in [4.69, 9.17) is 0 Å². The van der Waals surface area contributed by atoms with Gasteiger partial charge in [0.15, 0.2) is 0 Å². The molecular formula is C21H24BN7OS. The highest BCUT2D eigenvalue weighted by Crippen LogP contribution is 2.34. The molecule has 2 aromatic heterocycles. The van der Waals surface area contributed by atoms with Crippen LogP contribution in [0.1, 0.15) is 12.0 Å². The Morgan fingerprint density at radius 3 is 3.10 bits per heavy atom. The van der Waals surface area contributed by atoms with E-state index in [1.165, 1.54) is 5.57 Å². The predicted octanol–water partition coefficient (Wildman–Crippen LogP) is 2.56. The smallest absolute Gasteiger partial charge is 0.317 e. The number of thiazole rings is 1. The van der Waals surface area contributed by atoms with Gasteiger partial charge in [-0.1, -0.05) is 12.4 Å². The van der Waals surface area contributed by atoms with Gasteiger partial charge in [0.25, 0.3) is 0 Å². The second-order valence-electron chi connectivity index (χ2n) is 7.82. The maximum atomic E-state index is 12.2. The molecule has 2 aliphatic heterocycles. The molecule has 1 unspecified atom stereocenters.